The first-order valence-electron chi connectivity index (χ1n) is 7.07. The van der Waals surface area contributed by atoms with Crippen molar-refractivity contribution in [2.75, 3.05) is 31.5 Å². The highest BCUT2D eigenvalue weighted by atomic mass is 79.9. The van der Waals surface area contributed by atoms with Crippen molar-refractivity contribution in [3.05, 3.63) is 28.2 Å². The highest BCUT2D eigenvalue weighted by molar-refractivity contribution is 9.10. The lowest BCUT2D eigenvalue weighted by Gasteiger charge is -2.30. The Kier molecular flexibility index (Phi) is 7.66. The van der Waals surface area contributed by atoms with Crippen molar-refractivity contribution in [2.45, 2.75) is 19.8 Å². The first-order chi connectivity index (χ1) is 9.58. The Hall–Kier alpha value is -0.620. The summed E-state index contributed by atoms with van der Waals surface area (Å²) in [6, 6.07) is 5.84. The number of aryl methyl sites for hydroxylation is 1. The van der Waals surface area contributed by atoms with Crippen LogP contribution < -0.4 is 11.1 Å². The topological polar surface area (TPSA) is 58.4 Å². The minimum absolute atomic E-state index is 0. The molecule has 1 heterocycles. The second kappa shape index (κ2) is 8.73. The molecule has 0 bridgehead atoms. The summed E-state index contributed by atoms with van der Waals surface area (Å²) >= 11 is 3.46. The molecule has 2 rings (SSSR count). The standard InChI is InChI=1S/C15H22BrN3O.ClH/c1-11-8-13(2-3-14(11)16)18-15(20)10-19-6-4-12(9-17)5-7-19;/h2-3,8,12H,4-7,9-10,17H2,1H3,(H,18,20);1H. The van der Waals surface area contributed by atoms with Gasteiger partial charge in [0.2, 0.25) is 5.91 Å². The number of amides is 1. The average molecular weight is 377 g/mol. The molecule has 1 aromatic rings. The third-order valence-corrected chi connectivity index (χ3v) is 4.74. The second-order valence-electron chi connectivity index (χ2n) is 5.47. The molecule has 3 N–H and O–H groups in total. The van der Waals surface area contributed by atoms with Crippen LogP contribution in [-0.4, -0.2) is 37.0 Å². The number of carbonyl (C=O) groups excluding carboxylic acids is 1. The van der Waals surface area contributed by atoms with Gasteiger partial charge in [0.1, 0.15) is 0 Å². The molecule has 0 saturated carbocycles. The van der Waals surface area contributed by atoms with E-state index in [2.05, 4.69) is 26.1 Å². The third kappa shape index (κ3) is 5.58. The van der Waals surface area contributed by atoms with Gasteiger partial charge in [-0.3, -0.25) is 9.69 Å². The number of nitrogens with zero attached hydrogens (tertiary/aromatic N) is 1. The van der Waals surface area contributed by atoms with E-state index in [-0.39, 0.29) is 18.3 Å². The highest BCUT2D eigenvalue weighted by Gasteiger charge is 2.19. The molecule has 0 atom stereocenters. The summed E-state index contributed by atoms with van der Waals surface area (Å²) in [4.78, 5) is 14.2. The smallest absolute Gasteiger partial charge is 0.238 e. The molecule has 0 aromatic heterocycles. The lowest BCUT2D eigenvalue weighted by atomic mass is 9.97. The molecule has 0 unspecified atom stereocenters. The van der Waals surface area contributed by atoms with Gasteiger partial charge >= 0.3 is 0 Å². The molecule has 1 aromatic carbocycles. The summed E-state index contributed by atoms with van der Waals surface area (Å²) in [5.74, 6) is 0.682. The Morgan fingerprint density at radius 3 is 2.67 bits per heavy atom. The minimum Gasteiger partial charge on any atom is -0.330 e. The van der Waals surface area contributed by atoms with Crippen molar-refractivity contribution in [1.82, 2.24) is 4.90 Å². The third-order valence-electron chi connectivity index (χ3n) is 3.85. The molecular formula is C15H23BrClN3O. The quantitative estimate of drug-likeness (QED) is 0.849. The lowest BCUT2D eigenvalue weighted by molar-refractivity contribution is -0.117. The van der Waals surface area contributed by atoms with Gasteiger partial charge in [-0.05, 0) is 69.1 Å². The number of nitrogens with two attached hydrogens (primary N) is 1. The van der Waals surface area contributed by atoms with E-state index in [1.807, 2.05) is 25.1 Å². The van der Waals surface area contributed by atoms with Crippen LogP contribution in [0.1, 0.15) is 18.4 Å². The maximum absolute atomic E-state index is 12.0. The number of piperidine rings is 1. The number of halogens is 2. The van der Waals surface area contributed by atoms with E-state index < -0.39 is 0 Å². The molecule has 1 fully saturated rings. The molecule has 1 saturated heterocycles. The molecular weight excluding hydrogens is 354 g/mol. The van der Waals surface area contributed by atoms with Crippen LogP contribution in [0.4, 0.5) is 5.69 Å². The van der Waals surface area contributed by atoms with Crippen molar-refractivity contribution in [1.29, 1.82) is 0 Å². The monoisotopic (exact) mass is 375 g/mol. The first-order valence-corrected chi connectivity index (χ1v) is 7.86. The van der Waals surface area contributed by atoms with E-state index in [0.29, 0.717) is 12.5 Å². The zero-order chi connectivity index (χ0) is 14.5. The van der Waals surface area contributed by atoms with Crippen molar-refractivity contribution >= 4 is 39.9 Å². The summed E-state index contributed by atoms with van der Waals surface area (Å²) in [5.41, 5.74) is 7.65. The number of hydrogen-bond donors (Lipinski definition) is 2. The van der Waals surface area contributed by atoms with Crippen LogP contribution in [0.5, 0.6) is 0 Å². The van der Waals surface area contributed by atoms with Gasteiger partial charge < -0.3 is 11.1 Å². The highest BCUT2D eigenvalue weighted by Crippen LogP contribution is 2.20. The van der Waals surface area contributed by atoms with Gasteiger partial charge in [0.15, 0.2) is 0 Å². The maximum atomic E-state index is 12.0. The molecule has 0 spiro atoms. The fraction of sp³-hybridized carbons (Fsp3) is 0.533. The molecule has 0 radical (unpaired) electrons. The zero-order valence-corrected chi connectivity index (χ0v) is 14.7. The van der Waals surface area contributed by atoms with Gasteiger partial charge in [-0.2, -0.15) is 0 Å². The molecule has 21 heavy (non-hydrogen) atoms. The summed E-state index contributed by atoms with van der Waals surface area (Å²) in [6.07, 6.45) is 2.20. The number of hydrogen-bond acceptors (Lipinski definition) is 3. The first kappa shape index (κ1) is 18.4. The predicted octanol–water partition coefficient (Wildman–Crippen LogP) is 2.79. The Balaban J connectivity index is 0.00000220. The Morgan fingerprint density at radius 1 is 1.43 bits per heavy atom. The van der Waals surface area contributed by atoms with Crippen LogP contribution in [0.2, 0.25) is 0 Å². The van der Waals surface area contributed by atoms with Gasteiger partial charge in [-0.25, -0.2) is 0 Å². The van der Waals surface area contributed by atoms with E-state index in [1.165, 1.54) is 0 Å². The number of nitrogens with one attached hydrogen (secondary N) is 1. The number of benzene rings is 1. The largest absolute Gasteiger partial charge is 0.330 e. The summed E-state index contributed by atoms with van der Waals surface area (Å²) in [5, 5.41) is 2.96. The van der Waals surface area contributed by atoms with Crippen LogP contribution in [0.15, 0.2) is 22.7 Å². The predicted molar refractivity (Wildman–Crippen MR) is 93.0 cm³/mol. The van der Waals surface area contributed by atoms with E-state index in [4.69, 9.17) is 5.73 Å². The molecule has 1 aliphatic heterocycles. The van der Waals surface area contributed by atoms with E-state index in [9.17, 15) is 4.79 Å². The van der Waals surface area contributed by atoms with E-state index >= 15 is 0 Å². The maximum Gasteiger partial charge on any atom is 0.238 e. The molecule has 1 amide bonds. The fourth-order valence-corrected chi connectivity index (χ4v) is 2.75. The van der Waals surface area contributed by atoms with Crippen LogP contribution >= 0.6 is 28.3 Å². The van der Waals surface area contributed by atoms with Gasteiger partial charge in [0, 0.05) is 10.2 Å². The Morgan fingerprint density at radius 2 is 2.10 bits per heavy atom. The van der Waals surface area contributed by atoms with Crippen molar-refractivity contribution < 1.29 is 4.79 Å². The van der Waals surface area contributed by atoms with Crippen LogP contribution in [0, 0.1) is 12.8 Å². The molecule has 6 heteroatoms. The molecule has 1 aliphatic rings. The van der Waals surface area contributed by atoms with E-state index in [0.717, 1.165) is 48.2 Å². The molecule has 0 aliphatic carbocycles. The van der Waals surface area contributed by atoms with Gasteiger partial charge in [-0.15, -0.1) is 12.4 Å². The van der Waals surface area contributed by atoms with Gasteiger partial charge in [0.05, 0.1) is 6.54 Å². The van der Waals surface area contributed by atoms with Crippen molar-refractivity contribution in [3.63, 3.8) is 0 Å². The fourth-order valence-electron chi connectivity index (χ4n) is 2.51. The van der Waals surface area contributed by atoms with Crippen molar-refractivity contribution in [2.24, 2.45) is 11.7 Å². The Bertz CT molecular complexity index is 476. The second-order valence-corrected chi connectivity index (χ2v) is 6.32. The molecule has 4 nitrogen and oxygen atoms in total. The van der Waals surface area contributed by atoms with Gasteiger partial charge in [0.25, 0.3) is 0 Å². The number of rotatable bonds is 4. The number of carbonyl (C=O) groups is 1. The average Bonchev–Trinajstić information content (AvgIpc) is 2.44. The molecule has 118 valence electrons. The summed E-state index contributed by atoms with van der Waals surface area (Å²) in [7, 11) is 0. The van der Waals surface area contributed by atoms with Gasteiger partial charge in [-0.1, -0.05) is 15.9 Å². The van der Waals surface area contributed by atoms with Crippen molar-refractivity contribution in [3.8, 4) is 0 Å². The summed E-state index contributed by atoms with van der Waals surface area (Å²) < 4.78 is 1.05. The number of likely N-dealkylation sites (tertiary alicyclic amines) is 1. The van der Waals surface area contributed by atoms with Crippen LogP contribution in [0.3, 0.4) is 0 Å². The Labute approximate surface area is 141 Å². The lowest BCUT2D eigenvalue weighted by Crippen LogP contribution is -2.40. The van der Waals surface area contributed by atoms with Crippen LogP contribution in [-0.2, 0) is 4.79 Å². The SMILES string of the molecule is Cc1cc(NC(=O)CN2CCC(CN)CC2)ccc1Br.Cl. The normalized spacial score (nSPS) is 16.3. The summed E-state index contributed by atoms with van der Waals surface area (Å²) in [6.45, 7) is 5.17. The van der Waals surface area contributed by atoms with E-state index in [1.54, 1.807) is 0 Å². The number of anilines is 1. The zero-order valence-electron chi connectivity index (χ0n) is 12.3. The minimum atomic E-state index is 0. The van der Waals surface area contributed by atoms with Crippen LogP contribution in [0.25, 0.3) is 0 Å².